The summed E-state index contributed by atoms with van der Waals surface area (Å²) >= 11 is 0. The molecule has 11 aromatic rings. The number of fused-ring (bicyclic) bond motifs is 11. The van der Waals surface area contributed by atoms with E-state index in [4.69, 9.17) is 8.83 Å². The minimum Gasteiger partial charge on any atom is -0.456 e. The Morgan fingerprint density at radius 3 is 1.72 bits per heavy atom. The highest BCUT2D eigenvalue weighted by atomic mass is 16.3. The van der Waals surface area contributed by atoms with Gasteiger partial charge in [0.15, 0.2) is 5.58 Å². The summed E-state index contributed by atoms with van der Waals surface area (Å²) in [6.07, 6.45) is 0. The summed E-state index contributed by atoms with van der Waals surface area (Å²) in [5.41, 5.74) is 20.9. The molecule has 0 amide bonds. The van der Waals surface area contributed by atoms with Gasteiger partial charge in [0.2, 0.25) is 0 Å². The van der Waals surface area contributed by atoms with Crippen LogP contribution in [0.3, 0.4) is 0 Å². The zero-order chi connectivity index (χ0) is 45.3. The lowest BCUT2D eigenvalue weighted by Gasteiger charge is -2.46. The second kappa shape index (κ2) is 14.4. The van der Waals surface area contributed by atoms with Gasteiger partial charge in [-0.1, -0.05) is 169 Å². The lowest BCUT2D eigenvalue weighted by atomic mass is 9.43. The van der Waals surface area contributed by atoms with Crippen molar-refractivity contribution in [1.82, 2.24) is 0 Å². The fraction of sp³-hybridized carbons (Fsp3) is 0.129. The van der Waals surface area contributed by atoms with Gasteiger partial charge in [0, 0.05) is 55.8 Å². The lowest BCUT2D eigenvalue weighted by molar-refractivity contribution is 0.590. The Morgan fingerprint density at radius 1 is 0.403 bits per heavy atom. The lowest BCUT2D eigenvalue weighted by Crippen LogP contribution is -2.61. The number of anilines is 5. The Balaban J connectivity index is 1.22. The van der Waals surface area contributed by atoms with Crippen molar-refractivity contribution in [3.8, 4) is 33.4 Å². The highest BCUT2D eigenvalue weighted by Gasteiger charge is 2.47. The third kappa shape index (κ3) is 6.07. The molecule has 0 saturated carbocycles. The van der Waals surface area contributed by atoms with Gasteiger partial charge in [-0.3, -0.25) is 0 Å². The van der Waals surface area contributed by atoms with Crippen molar-refractivity contribution in [2.24, 2.45) is 0 Å². The molecule has 9 aromatic carbocycles. The Hall–Kier alpha value is -7.76. The summed E-state index contributed by atoms with van der Waals surface area (Å²) in [6, 6.07) is 69.2. The molecule has 0 fully saturated rings. The zero-order valence-electron chi connectivity index (χ0n) is 38.7. The number of hydrogen-bond acceptors (Lipinski definition) is 4. The van der Waals surface area contributed by atoms with Gasteiger partial charge in [0.1, 0.15) is 16.7 Å². The van der Waals surface area contributed by atoms with Crippen LogP contribution in [0.25, 0.3) is 77.3 Å². The average molecular weight is 865 g/mol. The molecule has 0 aliphatic carbocycles. The molecule has 0 bridgehead atoms. The van der Waals surface area contributed by atoms with Gasteiger partial charge in [-0.05, 0) is 110 Å². The molecular formula is C62H49BN2O2. The van der Waals surface area contributed by atoms with Crippen molar-refractivity contribution in [3.05, 3.63) is 199 Å². The first-order valence-electron chi connectivity index (χ1n) is 23.5. The van der Waals surface area contributed by atoms with Gasteiger partial charge in [-0.25, -0.2) is 0 Å². The Labute approximate surface area is 391 Å². The molecule has 2 aliphatic rings. The summed E-state index contributed by atoms with van der Waals surface area (Å²) in [5.74, 6) is 0. The van der Waals surface area contributed by atoms with E-state index in [1.54, 1.807) is 0 Å². The summed E-state index contributed by atoms with van der Waals surface area (Å²) in [5, 5.41) is 4.39. The molecule has 0 radical (unpaired) electrons. The topological polar surface area (TPSA) is 32.8 Å². The molecular weight excluding hydrogens is 816 g/mol. The van der Waals surface area contributed by atoms with E-state index in [2.05, 4.69) is 239 Å². The van der Waals surface area contributed by atoms with Crippen molar-refractivity contribution < 1.29 is 8.83 Å². The van der Waals surface area contributed by atoms with Gasteiger partial charge in [-0.15, -0.1) is 0 Å². The van der Waals surface area contributed by atoms with E-state index in [0.29, 0.717) is 0 Å². The SMILES string of the molecule is CC(C)(C)c1ccc(N2B3c4cc5c(cc4N(c4ccc(C(C)(C)C)cc4-c4ccccc4)c4c3c(cc3c4oc4ccccc43)-c3cc(-c4ccccc4)ccc32)oc2ccccc25)cc1. The van der Waals surface area contributed by atoms with Crippen LogP contribution in [0.2, 0.25) is 0 Å². The van der Waals surface area contributed by atoms with Crippen molar-refractivity contribution in [2.45, 2.75) is 52.4 Å². The van der Waals surface area contributed by atoms with Crippen molar-refractivity contribution in [2.75, 3.05) is 9.71 Å². The fourth-order valence-corrected chi connectivity index (χ4v) is 10.9. The summed E-state index contributed by atoms with van der Waals surface area (Å²) in [4.78, 5) is 5.12. The van der Waals surface area contributed by atoms with Crippen LogP contribution in [0.1, 0.15) is 52.7 Å². The molecule has 322 valence electrons. The van der Waals surface area contributed by atoms with Crippen LogP contribution in [0, 0.1) is 0 Å². The summed E-state index contributed by atoms with van der Waals surface area (Å²) in [6.45, 7) is 13.5. The maximum absolute atomic E-state index is 7.24. The average Bonchev–Trinajstić information content (AvgIpc) is 3.91. The minimum absolute atomic E-state index is 0.000469. The fourth-order valence-electron chi connectivity index (χ4n) is 10.9. The maximum Gasteiger partial charge on any atom is 0.333 e. The van der Waals surface area contributed by atoms with E-state index < -0.39 is 0 Å². The number of hydrogen-bond donors (Lipinski definition) is 0. The molecule has 0 saturated heterocycles. The molecule has 2 aliphatic heterocycles. The second-order valence-electron chi connectivity index (χ2n) is 20.5. The Morgan fingerprint density at radius 2 is 1.01 bits per heavy atom. The molecule has 2 aromatic heterocycles. The Kier molecular flexibility index (Phi) is 8.49. The summed E-state index contributed by atoms with van der Waals surface area (Å²) in [7, 11) is 0. The van der Waals surface area contributed by atoms with Crippen LogP contribution in [0.4, 0.5) is 28.4 Å². The van der Waals surface area contributed by atoms with Crippen molar-refractivity contribution in [1.29, 1.82) is 0 Å². The van der Waals surface area contributed by atoms with E-state index in [1.165, 1.54) is 44.3 Å². The number of rotatable bonds is 4. The Bertz CT molecular complexity index is 3780. The highest BCUT2D eigenvalue weighted by molar-refractivity contribution is 6.94. The molecule has 4 nitrogen and oxygen atoms in total. The van der Waals surface area contributed by atoms with Crippen molar-refractivity contribution in [3.63, 3.8) is 0 Å². The summed E-state index contributed by atoms with van der Waals surface area (Å²) < 4.78 is 14.1. The second-order valence-corrected chi connectivity index (χ2v) is 20.5. The van der Waals surface area contributed by atoms with Gasteiger partial charge >= 0.3 is 6.85 Å². The number of para-hydroxylation sites is 2. The van der Waals surface area contributed by atoms with E-state index >= 15 is 0 Å². The molecule has 13 rings (SSSR count). The van der Waals surface area contributed by atoms with Crippen LogP contribution in [-0.4, -0.2) is 6.85 Å². The van der Waals surface area contributed by atoms with E-state index in [0.717, 1.165) is 83.4 Å². The predicted octanol–water partition coefficient (Wildman–Crippen LogP) is 16.1. The monoisotopic (exact) mass is 864 g/mol. The number of benzene rings is 9. The molecule has 0 N–H and O–H groups in total. The predicted molar refractivity (Wildman–Crippen MR) is 283 cm³/mol. The van der Waals surface area contributed by atoms with Crippen molar-refractivity contribution >= 4 is 90.1 Å². The molecule has 4 heterocycles. The molecule has 0 unspecified atom stereocenters. The third-order valence-electron chi connectivity index (χ3n) is 14.4. The third-order valence-corrected chi connectivity index (χ3v) is 14.4. The molecule has 67 heavy (non-hydrogen) atoms. The van der Waals surface area contributed by atoms with Crippen LogP contribution in [-0.2, 0) is 10.8 Å². The van der Waals surface area contributed by atoms with E-state index in [9.17, 15) is 0 Å². The number of nitrogens with zero attached hydrogens (tertiary/aromatic N) is 2. The van der Waals surface area contributed by atoms with Gasteiger partial charge in [-0.2, -0.15) is 0 Å². The maximum atomic E-state index is 7.24. The molecule has 5 heteroatoms. The molecule has 0 spiro atoms. The highest BCUT2D eigenvalue weighted by Crippen LogP contribution is 2.53. The first kappa shape index (κ1) is 39.6. The van der Waals surface area contributed by atoms with Crippen LogP contribution in [0.15, 0.2) is 197 Å². The van der Waals surface area contributed by atoms with Gasteiger partial charge < -0.3 is 18.5 Å². The van der Waals surface area contributed by atoms with E-state index in [1.807, 2.05) is 0 Å². The first-order chi connectivity index (χ1) is 32.5. The van der Waals surface area contributed by atoms with Crippen LogP contribution >= 0.6 is 0 Å². The van der Waals surface area contributed by atoms with Crippen LogP contribution < -0.4 is 20.6 Å². The number of furan rings is 2. The van der Waals surface area contributed by atoms with Crippen LogP contribution in [0.5, 0.6) is 0 Å². The van der Waals surface area contributed by atoms with E-state index in [-0.39, 0.29) is 17.7 Å². The standard InChI is InChI=1S/C62H49BN2O2/c1-61(2,3)41-26-29-43(30-27-41)65-53-31-25-40(38-17-9-7-10-18-38)33-47(53)49-35-50-45-22-14-16-24-56(45)67-60(50)59-58(49)63(65)51-36-48-44-21-13-15-23-55(44)66-57(48)37-54(51)64(59)52-32-28-42(62(4,5)6)34-46(52)39-19-11-8-12-20-39/h7-37H,1-6H3. The minimum atomic E-state index is -0.239. The normalized spacial score (nSPS) is 13.4. The van der Waals surface area contributed by atoms with Gasteiger partial charge in [0.25, 0.3) is 0 Å². The van der Waals surface area contributed by atoms with Gasteiger partial charge in [0.05, 0.1) is 11.4 Å². The first-order valence-corrected chi connectivity index (χ1v) is 23.5. The zero-order valence-corrected chi connectivity index (χ0v) is 38.7. The largest absolute Gasteiger partial charge is 0.456 e. The quantitative estimate of drug-likeness (QED) is 0.165. The smallest absolute Gasteiger partial charge is 0.333 e. The molecule has 0 atom stereocenters.